The molecule has 0 aliphatic carbocycles. The van der Waals surface area contributed by atoms with Crippen LogP contribution >= 0.6 is 15.9 Å². The highest BCUT2D eigenvalue weighted by Gasteiger charge is 2.11. The molecule has 0 bridgehead atoms. The molecule has 3 aromatic carbocycles. The molecule has 32 heavy (non-hydrogen) atoms. The Balaban J connectivity index is 1.49. The van der Waals surface area contributed by atoms with Crippen LogP contribution in [-0.2, 0) is 14.3 Å². The lowest BCUT2D eigenvalue weighted by molar-refractivity contribution is -0.136. The Kier molecular flexibility index (Phi) is 8.83. The third-order valence-electron chi connectivity index (χ3n) is 4.37. The number of benzene rings is 3. The molecule has 0 N–H and O–H groups in total. The second kappa shape index (κ2) is 12.0. The summed E-state index contributed by atoms with van der Waals surface area (Å²) in [6, 6.07) is 21.7. The van der Waals surface area contributed by atoms with Crippen molar-refractivity contribution >= 4 is 27.9 Å². The van der Waals surface area contributed by atoms with E-state index in [0.29, 0.717) is 30.3 Å². The average molecular weight is 499 g/mol. The molecule has 0 spiro atoms. The van der Waals surface area contributed by atoms with Crippen LogP contribution in [-0.4, -0.2) is 38.4 Å². The Hall–Kier alpha value is -3.16. The van der Waals surface area contributed by atoms with Crippen molar-refractivity contribution in [1.82, 2.24) is 0 Å². The van der Waals surface area contributed by atoms with E-state index in [0.717, 1.165) is 15.6 Å². The fraction of sp³-hybridized carbons (Fsp3) is 0.200. The summed E-state index contributed by atoms with van der Waals surface area (Å²) in [5.74, 6) is -0.180. The van der Waals surface area contributed by atoms with Crippen LogP contribution in [0.4, 0.5) is 0 Å². The third kappa shape index (κ3) is 6.93. The number of esters is 2. The molecule has 3 aromatic rings. The monoisotopic (exact) mass is 498 g/mol. The quantitative estimate of drug-likeness (QED) is 0.214. The van der Waals surface area contributed by atoms with E-state index in [1.807, 2.05) is 49.4 Å². The number of hydrogen-bond acceptors (Lipinski definition) is 6. The van der Waals surface area contributed by atoms with Crippen molar-refractivity contribution in [3.8, 4) is 22.6 Å². The van der Waals surface area contributed by atoms with Crippen LogP contribution < -0.4 is 9.47 Å². The maximum atomic E-state index is 12.1. The fourth-order valence-corrected chi connectivity index (χ4v) is 3.30. The van der Waals surface area contributed by atoms with E-state index in [-0.39, 0.29) is 13.2 Å². The lowest BCUT2D eigenvalue weighted by Crippen LogP contribution is -2.18. The van der Waals surface area contributed by atoms with Crippen molar-refractivity contribution in [2.75, 3.05) is 26.4 Å². The minimum absolute atomic E-state index is 0.183. The summed E-state index contributed by atoms with van der Waals surface area (Å²) < 4.78 is 21.8. The van der Waals surface area contributed by atoms with Crippen LogP contribution in [0, 0.1) is 0 Å². The van der Waals surface area contributed by atoms with Gasteiger partial charge in [-0.1, -0.05) is 36.4 Å². The molecule has 0 heterocycles. The molecule has 0 saturated carbocycles. The lowest BCUT2D eigenvalue weighted by atomic mass is 10.1. The Morgan fingerprint density at radius 1 is 0.875 bits per heavy atom. The summed E-state index contributed by atoms with van der Waals surface area (Å²) in [7, 11) is 0. The van der Waals surface area contributed by atoms with E-state index in [9.17, 15) is 9.59 Å². The van der Waals surface area contributed by atoms with Crippen molar-refractivity contribution in [3.63, 3.8) is 0 Å². The van der Waals surface area contributed by atoms with Gasteiger partial charge in [-0.3, -0.25) is 0 Å². The van der Waals surface area contributed by atoms with Gasteiger partial charge in [0.05, 0.1) is 16.6 Å². The largest absolute Gasteiger partial charge is 0.481 e. The van der Waals surface area contributed by atoms with E-state index in [1.165, 1.54) is 24.3 Å². The molecule has 0 aliphatic rings. The third-order valence-corrected chi connectivity index (χ3v) is 4.99. The number of ether oxygens (including phenoxy) is 4. The van der Waals surface area contributed by atoms with Gasteiger partial charge in [-0.15, -0.1) is 0 Å². The highest BCUT2D eigenvalue weighted by molar-refractivity contribution is 9.10. The second-order valence-corrected chi connectivity index (χ2v) is 7.49. The summed E-state index contributed by atoms with van der Waals surface area (Å²) in [5.41, 5.74) is 2.48. The van der Waals surface area contributed by atoms with Crippen molar-refractivity contribution < 1.29 is 28.5 Å². The molecular formula is C25H23BrO6. The van der Waals surface area contributed by atoms with Gasteiger partial charge in [0.25, 0.3) is 0 Å². The molecule has 0 radical (unpaired) electrons. The molecule has 0 saturated heterocycles. The smallest absolute Gasteiger partial charge is 0.349 e. The Morgan fingerprint density at radius 2 is 1.62 bits per heavy atom. The average Bonchev–Trinajstić information content (AvgIpc) is 2.82. The van der Waals surface area contributed by atoms with E-state index in [4.69, 9.17) is 18.9 Å². The molecule has 0 aliphatic heterocycles. The molecule has 0 aromatic heterocycles. The van der Waals surface area contributed by atoms with Gasteiger partial charge in [0.1, 0.15) is 18.1 Å². The first kappa shape index (κ1) is 23.5. The summed E-state index contributed by atoms with van der Waals surface area (Å²) in [4.78, 5) is 24.1. The predicted octanol–water partition coefficient (Wildman–Crippen LogP) is 5.29. The molecule has 166 valence electrons. The van der Waals surface area contributed by atoms with Crippen molar-refractivity contribution in [2.45, 2.75) is 6.92 Å². The van der Waals surface area contributed by atoms with Gasteiger partial charge in [-0.05, 0) is 70.4 Å². The molecule has 6 nitrogen and oxygen atoms in total. The highest BCUT2D eigenvalue weighted by Crippen LogP contribution is 2.30. The summed E-state index contributed by atoms with van der Waals surface area (Å²) in [6.07, 6.45) is 0. The van der Waals surface area contributed by atoms with Gasteiger partial charge in [-0.2, -0.15) is 0 Å². The Bertz CT molecular complexity index is 1030. The van der Waals surface area contributed by atoms with Gasteiger partial charge in [0, 0.05) is 6.61 Å². The van der Waals surface area contributed by atoms with Crippen molar-refractivity contribution in [1.29, 1.82) is 0 Å². The zero-order chi connectivity index (χ0) is 22.8. The normalized spacial score (nSPS) is 10.4. The number of carbonyl (C=O) groups excluding carboxylic acids is 2. The number of hydrogen-bond donors (Lipinski definition) is 0. The molecule has 0 unspecified atom stereocenters. The predicted molar refractivity (Wildman–Crippen MR) is 124 cm³/mol. The maximum Gasteiger partial charge on any atom is 0.349 e. The number of halogens is 1. The SMILES string of the molecule is CCOCCOC(=O)c1ccc(OC(=O)COc2ccc(-c3ccccc3)cc2Br)cc1. The minimum Gasteiger partial charge on any atom is -0.481 e. The van der Waals surface area contributed by atoms with Gasteiger partial charge in [0.15, 0.2) is 6.61 Å². The Morgan fingerprint density at radius 3 is 2.31 bits per heavy atom. The van der Waals surface area contributed by atoms with Gasteiger partial charge in [0.2, 0.25) is 0 Å². The van der Waals surface area contributed by atoms with E-state index in [1.54, 1.807) is 6.07 Å². The zero-order valence-electron chi connectivity index (χ0n) is 17.6. The summed E-state index contributed by atoms with van der Waals surface area (Å²) >= 11 is 3.48. The van der Waals surface area contributed by atoms with Crippen molar-refractivity contribution in [2.24, 2.45) is 0 Å². The fourth-order valence-electron chi connectivity index (χ4n) is 2.81. The van der Waals surface area contributed by atoms with Gasteiger partial charge in [-0.25, -0.2) is 9.59 Å². The Labute approximate surface area is 195 Å². The van der Waals surface area contributed by atoms with E-state index in [2.05, 4.69) is 15.9 Å². The zero-order valence-corrected chi connectivity index (χ0v) is 19.2. The van der Waals surface area contributed by atoms with E-state index < -0.39 is 11.9 Å². The van der Waals surface area contributed by atoms with Crippen molar-refractivity contribution in [3.05, 3.63) is 82.8 Å². The lowest BCUT2D eigenvalue weighted by Gasteiger charge is -2.10. The molecule has 0 atom stereocenters. The molecular weight excluding hydrogens is 476 g/mol. The topological polar surface area (TPSA) is 71.1 Å². The summed E-state index contributed by atoms with van der Waals surface area (Å²) in [5, 5.41) is 0. The van der Waals surface area contributed by atoms with Crippen LogP contribution in [0.15, 0.2) is 77.3 Å². The summed E-state index contributed by atoms with van der Waals surface area (Å²) in [6.45, 7) is 2.71. The minimum atomic E-state index is -0.559. The van der Waals surface area contributed by atoms with E-state index >= 15 is 0 Å². The number of rotatable bonds is 10. The van der Waals surface area contributed by atoms with Gasteiger partial charge < -0.3 is 18.9 Å². The first-order valence-corrected chi connectivity index (χ1v) is 10.9. The van der Waals surface area contributed by atoms with Crippen LogP contribution in [0.5, 0.6) is 11.5 Å². The molecule has 3 rings (SSSR count). The first-order chi connectivity index (χ1) is 15.6. The van der Waals surface area contributed by atoms with Crippen LogP contribution in [0.1, 0.15) is 17.3 Å². The number of carbonyl (C=O) groups is 2. The standard InChI is InChI=1S/C25H23BrO6/c1-2-29-14-15-30-25(28)19-8-11-21(12-9-19)32-24(27)17-31-23-13-10-20(16-22(23)26)18-6-4-3-5-7-18/h3-13,16H,2,14-15,17H2,1H3. The molecule has 0 amide bonds. The van der Waals surface area contributed by atoms with Crippen LogP contribution in [0.2, 0.25) is 0 Å². The highest BCUT2D eigenvalue weighted by atomic mass is 79.9. The molecule has 7 heteroatoms. The maximum absolute atomic E-state index is 12.1. The first-order valence-electron chi connectivity index (χ1n) is 10.1. The van der Waals surface area contributed by atoms with Crippen LogP contribution in [0.3, 0.4) is 0 Å². The van der Waals surface area contributed by atoms with Crippen LogP contribution in [0.25, 0.3) is 11.1 Å². The second-order valence-electron chi connectivity index (χ2n) is 6.63. The molecule has 0 fully saturated rings. The van der Waals surface area contributed by atoms with Gasteiger partial charge >= 0.3 is 11.9 Å².